The highest BCUT2D eigenvalue weighted by Crippen LogP contribution is 2.29. The van der Waals surface area contributed by atoms with Crippen molar-refractivity contribution in [3.63, 3.8) is 0 Å². The molecular formula is C33H33ClN4O6S. The van der Waals surface area contributed by atoms with Crippen LogP contribution < -0.4 is 10.2 Å². The minimum absolute atomic E-state index is 0.190. The molecule has 4 rings (SSSR count). The first kappa shape index (κ1) is 33.4. The fraction of sp³-hybridized carbons (Fsp3) is 0.273. The Kier molecular flexibility index (Phi) is 11.9. The molecule has 1 amide bonds. The van der Waals surface area contributed by atoms with Crippen molar-refractivity contribution < 1.29 is 24.7 Å². The molecule has 3 aromatic rings. The predicted octanol–water partition coefficient (Wildman–Crippen LogP) is 5.90. The lowest BCUT2D eigenvalue weighted by atomic mass is 9.93. The Morgan fingerprint density at radius 1 is 1.07 bits per heavy atom. The number of halogens is 1. The molecule has 1 unspecified atom stereocenters. The Balaban J connectivity index is 1.68. The van der Waals surface area contributed by atoms with E-state index in [1.807, 2.05) is 24.3 Å². The predicted molar refractivity (Wildman–Crippen MR) is 179 cm³/mol. The molecule has 12 heteroatoms. The van der Waals surface area contributed by atoms with Crippen LogP contribution in [0.25, 0.3) is 5.57 Å². The second-order valence-electron chi connectivity index (χ2n) is 10.5. The van der Waals surface area contributed by atoms with Crippen LogP contribution in [0.1, 0.15) is 58.8 Å². The molecule has 0 aromatic heterocycles. The lowest BCUT2D eigenvalue weighted by Crippen LogP contribution is -2.36. The van der Waals surface area contributed by atoms with Gasteiger partial charge in [0, 0.05) is 33.1 Å². The van der Waals surface area contributed by atoms with Crippen LogP contribution in [0, 0.1) is 10.1 Å². The van der Waals surface area contributed by atoms with Crippen LogP contribution in [0.4, 0.5) is 5.69 Å². The van der Waals surface area contributed by atoms with E-state index in [0.29, 0.717) is 10.7 Å². The maximum Gasteiger partial charge on any atom is 0.334 e. The lowest BCUT2D eigenvalue weighted by molar-refractivity contribution is -0.463. The number of carbonyl (C=O) groups excluding carboxylic acids is 1. The summed E-state index contributed by atoms with van der Waals surface area (Å²) in [5.41, 5.74) is 4.81. The Morgan fingerprint density at radius 2 is 1.76 bits per heavy atom. The van der Waals surface area contributed by atoms with E-state index in [1.165, 1.54) is 17.4 Å². The smallest absolute Gasteiger partial charge is 0.334 e. The quantitative estimate of drug-likeness (QED) is 0.0683. The second-order valence-corrected chi connectivity index (χ2v) is 11.2. The molecular weight excluding hydrogens is 616 g/mol. The van der Waals surface area contributed by atoms with E-state index >= 15 is 0 Å². The summed E-state index contributed by atoms with van der Waals surface area (Å²) in [5, 5.41) is 34.6. The molecule has 0 saturated heterocycles. The number of aliphatic imine (C=N–C) groups is 1. The highest BCUT2D eigenvalue weighted by Gasteiger charge is 2.23. The molecule has 1 aliphatic carbocycles. The van der Waals surface area contributed by atoms with Gasteiger partial charge in [-0.2, -0.15) is 0 Å². The van der Waals surface area contributed by atoms with Gasteiger partial charge >= 0.3 is 5.97 Å². The van der Waals surface area contributed by atoms with Gasteiger partial charge < -0.3 is 20.4 Å². The lowest BCUT2D eigenvalue weighted by Gasteiger charge is -2.26. The van der Waals surface area contributed by atoms with Crippen molar-refractivity contribution in [1.29, 1.82) is 0 Å². The largest absolute Gasteiger partial charge is 0.479 e. The number of carbonyl (C=O) groups is 2. The fourth-order valence-electron chi connectivity index (χ4n) is 4.93. The zero-order chi connectivity index (χ0) is 32.3. The normalized spacial score (nSPS) is 14.5. The van der Waals surface area contributed by atoms with Gasteiger partial charge in [-0.3, -0.25) is 19.9 Å². The third kappa shape index (κ3) is 9.52. The molecule has 0 spiro atoms. The number of aliphatic hydroxyl groups is 1. The summed E-state index contributed by atoms with van der Waals surface area (Å²) in [4.78, 5) is 41.3. The highest BCUT2D eigenvalue weighted by atomic mass is 35.5. The number of carboxylic acids is 1. The number of hydrogen-bond donors (Lipinski definition) is 3. The number of amides is 1. The molecule has 0 aliphatic heterocycles. The summed E-state index contributed by atoms with van der Waals surface area (Å²) >= 11 is 11.4. The number of hydrogen-bond acceptors (Lipinski definition) is 7. The van der Waals surface area contributed by atoms with Crippen molar-refractivity contribution in [2.45, 2.75) is 44.4 Å². The zero-order valence-corrected chi connectivity index (χ0v) is 25.9. The molecule has 0 radical (unpaired) electrons. The van der Waals surface area contributed by atoms with Crippen LogP contribution in [0.2, 0.25) is 5.02 Å². The molecule has 0 fully saturated rings. The molecule has 0 bridgehead atoms. The van der Waals surface area contributed by atoms with Gasteiger partial charge in [-0.05, 0) is 84.3 Å². The van der Waals surface area contributed by atoms with Crippen molar-refractivity contribution in [2.75, 3.05) is 18.0 Å². The summed E-state index contributed by atoms with van der Waals surface area (Å²) in [7, 11) is 0. The fourth-order valence-corrected chi connectivity index (χ4v) is 5.27. The van der Waals surface area contributed by atoms with E-state index in [1.54, 1.807) is 53.4 Å². The van der Waals surface area contributed by atoms with E-state index in [2.05, 4.69) is 11.4 Å². The van der Waals surface area contributed by atoms with Gasteiger partial charge in [0.2, 0.25) is 0 Å². The van der Waals surface area contributed by atoms with Crippen molar-refractivity contribution in [2.24, 2.45) is 4.99 Å². The van der Waals surface area contributed by atoms with E-state index < -0.39 is 42.0 Å². The second kappa shape index (κ2) is 16.0. The van der Waals surface area contributed by atoms with Gasteiger partial charge in [0.15, 0.2) is 11.9 Å². The van der Waals surface area contributed by atoms with Gasteiger partial charge in [-0.1, -0.05) is 66.3 Å². The highest BCUT2D eigenvalue weighted by molar-refractivity contribution is 7.79. The number of nitrogens with one attached hydrogen (secondary N) is 1. The van der Waals surface area contributed by atoms with Crippen LogP contribution in [0.15, 0.2) is 83.9 Å². The average Bonchev–Trinajstić information content (AvgIpc) is 3.05. The number of allylic oxidation sites excluding steroid dienone is 2. The molecule has 45 heavy (non-hydrogen) atoms. The monoisotopic (exact) mass is 648 g/mol. The van der Waals surface area contributed by atoms with Crippen LogP contribution >= 0.6 is 23.8 Å². The van der Waals surface area contributed by atoms with E-state index in [0.717, 1.165) is 36.0 Å². The average molecular weight is 649 g/mol. The molecule has 3 N–H and O–H groups in total. The molecule has 3 aromatic carbocycles. The summed E-state index contributed by atoms with van der Waals surface area (Å²) in [6, 6.07) is 20.7. The molecule has 234 valence electrons. The van der Waals surface area contributed by atoms with Crippen molar-refractivity contribution in [3.8, 4) is 0 Å². The number of aliphatic hydroxyl groups excluding tert-OH is 1. The SMILES string of the molecule is O=C(NC[C@@H](O)C(=O)O)c1ccc(CN(C(C[N+](=O)[O-])=NC(C=S)c2ccc(Cl)cc2)c2ccc(C3=CCCCC3)cc2)cc1. The number of amidine groups is 1. The number of anilines is 1. The molecule has 1 aliphatic rings. The Hall–Kier alpha value is -4.45. The van der Waals surface area contributed by atoms with Crippen LogP contribution in [0.5, 0.6) is 0 Å². The molecule has 0 saturated carbocycles. The Labute approximate surface area is 271 Å². The van der Waals surface area contributed by atoms with Gasteiger partial charge in [0.25, 0.3) is 12.5 Å². The minimum atomic E-state index is -1.72. The van der Waals surface area contributed by atoms with Gasteiger partial charge in [0.1, 0.15) is 6.04 Å². The Morgan fingerprint density at radius 3 is 2.33 bits per heavy atom. The first-order valence-corrected chi connectivity index (χ1v) is 15.2. The first-order valence-electron chi connectivity index (χ1n) is 14.4. The number of benzene rings is 3. The number of nitro groups is 1. The van der Waals surface area contributed by atoms with Crippen molar-refractivity contribution >= 4 is 58.2 Å². The van der Waals surface area contributed by atoms with Gasteiger partial charge in [-0.25, -0.2) is 4.79 Å². The minimum Gasteiger partial charge on any atom is -0.479 e. The van der Waals surface area contributed by atoms with Gasteiger partial charge in [0.05, 0.1) is 6.54 Å². The first-order chi connectivity index (χ1) is 21.6. The van der Waals surface area contributed by atoms with E-state index in [-0.39, 0.29) is 17.9 Å². The topological polar surface area (TPSA) is 145 Å². The zero-order valence-electron chi connectivity index (χ0n) is 24.3. The number of thiocarbonyl (C=S) groups is 1. The van der Waals surface area contributed by atoms with Crippen molar-refractivity contribution in [3.05, 3.63) is 116 Å². The van der Waals surface area contributed by atoms with Crippen molar-refractivity contribution in [1.82, 2.24) is 5.32 Å². The summed E-state index contributed by atoms with van der Waals surface area (Å²) < 4.78 is 0. The number of aliphatic carboxylic acids is 1. The van der Waals surface area contributed by atoms with E-state index in [4.69, 9.17) is 33.9 Å². The molecule has 0 heterocycles. The van der Waals surface area contributed by atoms with Crippen LogP contribution in [0.3, 0.4) is 0 Å². The summed E-state index contributed by atoms with van der Waals surface area (Å²) in [6.07, 6.45) is 4.90. The number of nitrogens with zero attached hydrogens (tertiary/aromatic N) is 3. The third-order valence-electron chi connectivity index (χ3n) is 7.35. The third-order valence-corrected chi connectivity index (χ3v) is 7.86. The van der Waals surface area contributed by atoms with Gasteiger partial charge in [-0.15, -0.1) is 0 Å². The van der Waals surface area contributed by atoms with E-state index in [9.17, 15) is 24.8 Å². The number of rotatable bonds is 13. The standard InChI is InChI=1S/C33H33ClN4O6S/c34-27-14-10-25(11-15-27)29(21-45)36-31(20-38(43)44)37(28-16-12-24(13-17-28)23-4-2-1-3-5-23)19-22-6-8-26(9-7-22)32(40)35-18-30(39)33(41)42/h4,6-17,21,29-30,39H,1-3,5,18-20H2,(H,35,40)(H,41,42)/t29?,30-/m1/s1. The molecule has 2 atom stereocenters. The number of carboxylic acid groups (broad SMARTS) is 1. The molecule has 10 nitrogen and oxygen atoms in total. The maximum atomic E-state index is 12.5. The summed E-state index contributed by atoms with van der Waals surface area (Å²) in [5.74, 6) is -1.79. The summed E-state index contributed by atoms with van der Waals surface area (Å²) in [6.45, 7) is -0.808. The Bertz CT molecular complexity index is 1580. The maximum absolute atomic E-state index is 12.5. The van der Waals surface area contributed by atoms with Crippen LogP contribution in [-0.4, -0.2) is 57.4 Å². The van der Waals surface area contributed by atoms with Crippen LogP contribution in [-0.2, 0) is 11.3 Å².